The molecule has 1 aromatic carbocycles. The average Bonchev–Trinajstić information content (AvgIpc) is 3.08. The van der Waals surface area contributed by atoms with Crippen molar-refractivity contribution in [1.82, 2.24) is 5.32 Å². The van der Waals surface area contributed by atoms with Gasteiger partial charge in [0.1, 0.15) is 23.9 Å². The third-order valence-corrected chi connectivity index (χ3v) is 3.92. The van der Waals surface area contributed by atoms with Crippen molar-refractivity contribution in [3.63, 3.8) is 0 Å². The Balaban J connectivity index is 1.93. The number of likely N-dealkylation sites (N-methyl/N-ethyl adjacent to an activating group) is 1. The first-order chi connectivity index (χ1) is 13.7. The molecule has 158 valence electrons. The normalized spacial score (nSPS) is 12.3. The maximum Gasteiger partial charge on any atom is 0.287 e. The van der Waals surface area contributed by atoms with E-state index >= 15 is 0 Å². The molecule has 0 spiro atoms. The van der Waals surface area contributed by atoms with Crippen LogP contribution in [0.2, 0.25) is 0 Å². The lowest BCUT2D eigenvalue weighted by Crippen LogP contribution is -2.50. The number of carboxylic acids is 1. The Morgan fingerprint density at radius 1 is 1.07 bits per heavy atom. The van der Waals surface area contributed by atoms with Crippen LogP contribution in [0.15, 0.2) is 40.8 Å². The zero-order valence-corrected chi connectivity index (χ0v) is 17.3. The molecule has 0 radical (unpaired) electrons. The molecule has 2 rings (SSSR count). The molecular weight excluding hydrogens is 376 g/mol. The van der Waals surface area contributed by atoms with Crippen molar-refractivity contribution in [2.75, 3.05) is 34.3 Å². The number of benzene rings is 1. The number of quaternary nitrogens is 1. The highest BCUT2D eigenvalue weighted by molar-refractivity contribution is 5.91. The van der Waals surface area contributed by atoms with Gasteiger partial charge in [0.25, 0.3) is 5.91 Å². The van der Waals surface area contributed by atoms with Crippen LogP contribution in [-0.4, -0.2) is 56.7 Å². The molecule has 29 heavy (non-hydrogen) atoms. The third kappa shape index (κ3) is 7.87. The molecular formula is C21H28N2O6. The van der Waals surface area contributed by atoms with Crippen molar-refractivity contribution in [3.8, 4) is 11.5 Å². The number of hydrogen-bond acceptors (Lipinski definition) is 6. The second-order valence-electron chi connectivity index (χ2n) is 7.68. The first kappa shape index (κ1) is 22.3. The summed E-state index contributed by atoms with van der Waals surface area (Å²) in [5.41, 5.74) is 0. The van der Waals surface area contributed by atoms with Crippen molar-refractivity contribution in [1.29, 1.82) is 0 Å². The summed E-state index contributed by atoms with van der Waals surface area (Å²) in [6.45, 7) is 3.10. The van der Waals surface area contributed by atoms with Gasteiger partial charge < -0.3 is 33.6 Å². The summed E-state index contributed by atoms with van der Waals surface area (Å²) in [5, 5.41) is 13.7. The number of furan rings is 1. The summed E-state index contributed by atoms with van der Waals surface area (Å²) in [4.78, 5) is 23.4. The Morgan fingerprint density at radius 3 is 2.24 bits per heavy atom. The van der Waals surface area contributed by atoms with E-state index in [0.29, 0.717) is 29.1 Å². The van der Waals surface area contributed by atoms with E-state index < -0.39 is 17.9 Å². The molecule has 1 N–H and O–H groups in total. The molecule has 0 unspecified atom stereocenters. The van der Waals surface area contributed by atoms with Gasteiger partial charge in [-0.05, 0) is 43.3 Å². The monoisotopic (exact) mass is 404 g/mol. The summed E-state index contributed by atoms with van der Waals surface area (Å²) in [5.74, 6) is 0.293. The molecule has 8 heteroatoms. The molecule has 8 nitrogen and oxygen atoms in total. The van der Waals surface area contributed by atoms with E-state index in [1.54, 1.807) is 18.2 Å². The van der Waals surface area contributed by atoms with Gasteiger partial charge in [0, 0.05) is 12.4 Å². The quantitative estimate of drug-likeness (QED) is 0.565. The number of carbonyl (C=O) groups excluding carboxylic acids is 2. The molecule has 0 saturated heterocycles. The Hall–Kier alpha value is -3.00. The first-order valence-corrected chi connectivity index (χ1v) is 9.42. The van der Waals surface area contributed by atoms with E-state index in [0.717, 1.165) is 5.75 Å². The van der Waals surface area contributed by atoms with Gasteiger partial charge in [-0.2, -0.15) is 0 Å². The van der Waals surface area contributed by atoms with Crippen LogP contribution < -0.4 is 19.9 Å². The van der Waals surface area contributed by atoms with E-state index in [2.05, 4.69) is 5.32 Å². The second-order valence-corrected chi connectivity index (χ2v) is 7.68. The highest BCUT2D eigenvalue weighted by atomic mass is 16.5. The lowest BCUT2D eigenvalue weighted by Gasteiger charge is -2.29. The Bertz CT molecular complexity index is 807. The maximum absolute atomic E-state index is 12.4. The minimum absolute atomic E-state index is 0.0973. The van der Waals surface area contributed by atoms with Crippen LogP contribution in [0.1, 0.15) is 29.7 Å². The lowest BCUT2D eigenvalue weighted by molar-refractivity contribution is -0.871. The maximum atomic E-state index is 12.4. The first-order valence-electron chi connectivity index (χ1n) is 9.42. The number of aliphatic carboxylic acids is 1. The fourth-order valence-corrected chi connectivity index (χ4v) is 2.81. The Labute approximate surface area is 170 Å². The number of carbonyl (C=O) groups is 2. The van der Waals surface area contributed by atoms with Crippen molar-refractivity contribution in [2.45, 2.75) is 26.0 Å². The molecule has 0 aliphatic carbocycles. The zero-order valence-electron chi connectivity index (χ0n) is 17.3. The van der Waals surface area contributed by atoms with Crippen LogP contribution in [0.4, 0.5) is 0 Å². The van der Waals surface area contributed by atoms with Crippen molar-refractivity contribution >= 4 is 11.9 Å². The largest absolute Gasteiger partial charge is 0.550 e. The number of nitrogens with zero attached hydrogens (tertiary/aromatic N) is 1. The highest BCUT2D eigenvalue weighted by Gasteiger charge is 2.22. The van der Waals surface area contributed by atoms with E-state index in [1.165, 1.54) is 6.07 Å². The minimum atomic E-state index is -1.22. The number of amides is 1. The number of rotatable bonds is 11. The summed E-state index contributed by atoms with van der Waals surface area (Å²) in [6.07, 6.45) is -0.268. The summed E-state index contributed by atoms with van der Waals surface area (Å²) in [7, 11) is 5.74. The van der Waals surface area contributed by atoms with Crippen LogP contribution in [0.25, 0.3) is 0 Å². The lowest BCUT2D eigenvalue weighted by atomic mass is 10.2. The molecule has 1 atom stereocenters. The van der Waals surface area contributed by atoms with E-state index in [-0.39, 0.29) is 18.8 Å². The number of ether oxygens (including phenoxy) is 2. The molecule has 0 aliphatic rings. The van der Waals surface area contributed by atoms with Crippen LogP contribution in [0, 0.1) is 0 Å². The molecule has 1 amide bonds. The summed E-state index contributed by atoms with van der Waals surface area (Å²) >= 11 is 0. The molecule has 1 heterocycles. The average molecular weight is 404 g/mol. The van der Waals surface area contributed by atoms with Crippen LogP contribution in [-0.2, 0) is 11.4 Å². The predicted molar refractivity (Wildman–Crippen MR) is 104 cm³/mol. The number of nitrogens with one attached hydrogen (secondary N) is 1. The zero-order chi connectivity index (χ0) is 21.4. The Kier molecular flexibility index (Phi) is 7.67. The highest BCUT2D eigenvalue weighted by Crippen LogP contribution is 2.19. The van der Waals surface area contributed by atoms with Crippen molar-refractivity contribution < 1.29 is 33.1 Å². The van der Waals surface area contributed by atoms with Gasteiger partial charge in [0.05, 0.1) is 40.3 Å². The van der Waals surface area contributed by atoms with Crippen molar-refractivity contribution in [3.05, 3.63) is 47.9 Å². The molecule has 0 fully saturated rings. The Morgan fingerprint density at radius 2 is 1.69 bits per heavy atom. The fraction of sp³-hybridized carbons (Fsp3) is 0.429. The molecule has 0 aliphatic heterocycles. The van der Waals surface area contributed by atoms with Crippen LogP contribution in [0.3, 0.4) is 0 Å². The van der Waals surface area contributed by atoms with E-state index in [9.17, 15) is 14.7 Å². The number of carboxylic acid groups (broad SMARTS) is 1. The molecule has 0 bridgehead atoms. The van der Waals surface area contributed by atoms with Gasteiger partial charge in [-0.3, -0.25) is 4.79 Å². The predicted octanol–water partition coefficient (Wildman–Crippen LogP) is 1.20. The smallest absolute Gasteiger partial charge is 0.287 e. The summed E-state index contributed by atoms with van der Waals surface area (Å²) < 4.78 is 17.1. The van der Waals surface area contributed by atoms with Gasteiger partial charge in [0.2, 0.25) is 0 Å². The van der Waals surface area contributed by atoms with Gasteiger partial charge in [-0.15, -0.1) is 0 Å². The molecule has 2 aromatic rings. The van der Waals surface area contributed by atoms with Gasteiger partial charge in [0.15, 0.2) is 5.76 Å². The van der Waals surface area contributed by atoms with Gasteiger partial charge in [-0.25, -0.2) is 0 Å². The fourth-order valence-electron chi connectivity index (χ4n) is 2.81. The minimum Gasteiger partial charge on any atom is -0.550 e. The van der Waals surface area contributed by atoms with Gasteiger partial charge in [-0.1, -0.05) is 0 Å². The van der Waals surface area contributed by atoms with Crippen molar-refractivity contribution in [2.24, 2.45) is 0 Å². The van der Waals surface area contributed by atoms with Crippen LogP contribution in [0.5, 0.6) is 11.5 Å². The second kappa shape index (κ2) is 9.97. The van der Waals surface area contributed by atoms with Gasteiger partial charge >= 0.3 is 0 Å². The molecule has 1 aromatic heterocycles. The number of hydrogen-bond donors (Lipinski definition) is 1. The third-order valence-electron chi connectivity index (χ3n) is 3.92. The van der Waals surface area contributed by atoms with E-state index in [1.807, 2.05) is 40.2 Å². The van der Waals surface area contributed by atoms with Crippen LogP contribution >= 0.6 is 0 Å². The van der Waals surface area contributed by atoms with E-state index in [4.69, 9.17) is 13.9 Å². The SMILES string of the molecule is CCOc1ccc(OCc2ccc(C(=O)N[C@H](CC(=O)[O-])C[N+](C)(C)C)o2)cc1. The molecule has 0 saturated carbocycles. The standard InChI is InChI=1S/C21H28N2O6/c1-5-27-16-6-8-17(9-7-16)28-14-18-10-11-19(29-18)21(26)22-15(12-20(24)25)13-23(2,3)4/h6-11,15H,5,12-14H2,1-4H3,(H-,22,24,25,26)/t15-/m1/s1. The summed E-state index contributed by atoms with van der Waals surface area (Å²) in [6, 6.07) is 9.82. The topological polar surface area (TPSA) is 101 Å².